The van der Waals surface area contributed by atoms with Crippen molar-refractivity contribution in [2.75, 3.05) is 0 Å². The third-order valence-corrected chi connectivity index (χ3v) is 3.84. The number of hydrogen-bond donors (Lipinski definition) is 0. The molecule has 0 aliphatic carbocycles. The van der Waals surface area contributed by atoms with Crippen molar-refractivity contribution >= 4 is 6.29 Å². The third-order valence-electron chi connectivity index (χ3n) is 3.84. The van der Waals surface area contributed by atoms with Crippen LogP contribution < -0.4 is 0 Å². The highest BCUT2D eigenvalue weighted by atomic mass is 16.6. The molecular formula is C16H30O2. The number of carbonyl (C=O) groups is 1. The van der Waals surface area contributed by atoms with Gasteiger partial charge in [0.2, 0.25) is 0 Å². The molecule has 0 aromatic heterocycles. The van der Waals surface area contributed by atoms with Crippen LogP contribution in [0.1, 0.15) is 84.0 Å². The summed E-state index contributed by atoms with van der Waals surface area (Å²) in [4.78, 5) is 10.2. The molecule has 1 aliphatic rings. The minimum atomic E-state index is 0.553. The maximum absolute atomic E-state index is 10.2. The molecule has 0 amide bonds. The van der Waals surface area contributed by atoms with E-state index in [-0.39, 0.29) is 0 Å². The summed E-state index contributed by atoms with van der Waals surface area (Å²) in [5.41, 5.74) is 0. The zero-order valence-electron chi connectivity index (χ0n) is 12.0. The highest BCUT2D eigenvalue weighted by Gasteiger charge is 2.36. The largest absolute Gasteiger partial charge is 0.370 e. The number of hydrogen-bond acceptors (Lipinski definition) is 2. The van der Waals surface area contributed by atoms with Gasteiger partial charge in [-0.1, -0.05) is 58.3 Å². The SMILES string of the molecule is CCCCCCCCC1OC1CCCCCC=O. The highest BCUT2D eigenvalue weighted by molar-refractivity contribution is 5.48. The third kappa shape index (κ3) is 7.86. The summed E-state index contributed by atoms with van der Waals surface area (Å²) in [7, 11) is 0. The van der Waals surface area contributed by atoms with Crippen molar-refractivity contribution in [2.45, 2.75) is 96.2 Å². The molecule has 0 aromatic carbocycles. The molecular weight excluding hydrogens is 224 g/mol. The molecule has 1 saturated heterocycles. The van der Waals surface area contributed by atoms with Gasteiger partial charge in [0.25, 0.3) is 0 Å². The van der Waals surface area contributed by atoms with Crippen LogP contribution >= 0.6 is 0 Å². The molecule has 0 radical (unpaired) electrons. The highest BCUT2D eigenvalue weighted by Crippen LogP contribution is 2.31. The number of epoxide rings is 1. The molecule has 1 rings (SSSR count). The molecule has 1 fully saturated rings. The van der Waals surface area contributed by atoms with Crippen molar-refractivity contribution in [3.63, 3.8) is 0 Å². The number of rotatable bonds is 13. The molecule has 2 atom stereocenters. The van der Waals surface area contributed by atoms with Gasteiger partial charge in [-0.3, -0.25) is 0 Å². The van der Waals surface area contributed by atoms with E-state index >= 15 is 0 Å². The molecule has 2 nitrogen and oxygen atoms in total. The predicted octanol–water partition coefficient (Wildman–Crippen LogP) is 4.65. The first-order chi connectivity index (χ1) is 8.88. The van der Waals surface area contributed by atoms with Gasteiger partial charge in [0.15, 0.2) is 0 Å². The van der Waals surface area contributed by atoms with Gasteiger partial charge in [0.1, 0.15) is 6.29 Å². The van der Waals surface area contributed by atoms with Crippen LogP contribution in [0, 0.1) is 0 Å². The molecule has 18 heavy (non-hydrogen) atoms. The van der Waals surface area contributed by atoms with Crippen LogP contribution in [0.3, 0.4) is 0 Å². The Morgan fingerprint density at radius 3 is 2.00 bits per heavy atom. The Kier molecular flexibility index (Phi) is 9.19. The lowest BCUT2D eigenvalue weighted by atomic mass is 10.0. The van der Waals surface area contributed by atoms with Gasteiger partial charge in [-0.05, 0) is 19.3 Å². The first-order valence-electron chi connectivity index (χ1n) is 7.97. The Morgan fingerprint density at radius 1 is 0.833 bits per heavy atom. The summed E-state index contributed by atoms with van der Waals surface area (Å²) in [5.74, 6) is 0. The van der Waals surface area contributed by atoms with E-state index in [1.807, 2.05) is 0 Å². The normalized spacial score (nSPS) is 22.1. The zero-order valence-corrected chi connectivity index (χ0v) is 12.0. The van der Waals surface area contributed by atoms with Crippen LogP contribution in [0.4, 0.5) is 0 Å². The molecule has 106 valence electrons. The van der Waals surface area contributed by atoms with E-state index < -0.39 is 0 Å². The standard InChI is InChI=1S/C16H30O2/c1-2-3-4-5-6-9-12-15-16(18-15)13-10-7-8-11-14-17/h14-16H,2-13H2,1H3. The fourth-order valence-corrected chi connectivity index (χ4v) is 2.56. The van der Waals surface area contributed by atoms with Gasteiger partial charge in [-0.15, -0.1) is 0 Å². The molecule has 0 spiro atoms. The molecule has 2 heteroatoms. The number of ether oxygens (including phenoxy) is 1. The molecule has 0 saturated carbocycles. The Balaban J connectivity index is 1.78. The first-order valence-corrected chi connectivity index (χ1v) is 7.97. The van der Waals surface area contributed by atoms with Crippen LogP contribution in [0.5, 0.6) is 0 Å². The molecule has 2 unspecified atom stereocenters. The fraction of sp³-hybridized carbons (Fsp3) is 0.938. The van der Waals surface area contributed by atoms with Crippen LogP contribution in [-0.2, 0) is 9.53 Å². The summed E-state index contributed by atoms with van der Waals surface area (Å²) in [6, 6.07) is 0. The lowest BCUT2D eigenvalue weighted by molar-refractivity contribution is -0.107. The van der Waals surface area contributed by atoms with Gasteiger partial charge in [-0.2, -0.15) is 0 Å². The zero-order chi connectivity index (χ0) is 13.1. The van der Waals surface area contributed by atoms with Crippen molar-refractivity contribution in [3.8, 4) is 0 Å². The van der Waals surface area contributed by atoms with E-state index in [2.05, 4.69) is 6.92 Å². The molecule has 0 aromatic rings. The Labute approximate surface area is 112 Å². The van der Waals surface area contributed by atoms with E-state index in [9.17, 15) is 4.79 Å². The summed E-state index contributed by atoms with van der Waals surface area (Å²) in [6.07, 6.45) is 17.1. The Bertz CT molecular complexity index is 203. The van der Waals surface area contributed by atoms with Gasteiger partial charge < -0.3 is 9.53 Å². The van der Waals surface area contributed by atoms with Gasteiger partial charge in [-0.25, -0.2) is 0 Å². The van der Waals surface area contributed by atoms with E-state index in [1.165, 1.54) is 64.2 Å². The Hall–Kier alpha value is -0.370. The molecule has 1 aliphatic heterocycles. The second kappa shape index (κ2) is 10.5. The lowest BCUT2D eigenvalue weighted by Crippen LogP contribution is -1.94. The van der Waals surface area contributed by atoms with Crippen molar-refractivity contribution in [1.82, 2.24) is 0 Å². The summed E-state index contributed by atoms with van der Waals surface area (Å²) in [6.45, 7) is 2.26. The number of unbranched alkanes of at least 4 members (excludes halogenated alkanes) is 8. The maximum atomic E-state index is 10.2. The quantitative estimate of drug-likeness (QED) is 0.272. The monoisotopic (exact) mass is 254 g/mol. The fourth-order valence-electron chi connectivity index (χ4n) is 2.56. The Morgan fingerprint density at radius 2 is 1.39 bits per heavy atom. The smallest absolute Gasteiger partial charge is 0.119 e. The van der Waals surface area contributed by atoms with E-state index in [1.54, 1.807) is 0 Å². The van der Waals surface area contributed by atoms with E-state index in [0.29, 0.717) is 12.2 Å². The summed E-state index contributed by atoms with van der Waals surface area (Å²) < 4.78 is 5.68. The second-order valence-corrected chi connectivity index (χ2v) is 5.57. The predicted molar refractivity (Wildman–Crippen MR) is 75.8 cm³/mol. The van der Waals surface area contributed by atoms with E-state index in [0.717, 1.165) is 19.1 Å². The van der Waals surface area contributed by atoms with Gasteiger partial charge >= 0.3 is 0 Å². The van der Waals surface area contributed by atoms with E-state index in [4.69, 9.17) is 4.74 Å². The summed E-state index contributed by atoms with van der Waals surface area (Å²) >= 11 is 0. The van der Waals surface area contributed by atoms with Gasteiger partial charge in [0.05, 0.1) is 12.2 Å². The minimum absolute atomic E-state index is 0.553. The van der Waals surface area contributed by atoms with Crippen LogP contribution in [0.25, 0.3) is 0 Å². The molecule has 0 bridgehead atoms. The number of aldehydes is 1. The number of carbonyl (C=O) groups excluding carboxylic acids is 1. The topological polar surface area (TPSA) is 29.6 Å². The van der Waals surface area contributed by atoms with Crippen molar-refractivity contribution in [2.24, 2.45) is 0 Å². The summed E-state index contributed by atoms with van der Waals surface area (Å²) in [5, 5.41) is 0. The van der Waals surface area contributed by atoms with Crippen molar-refractivity contribution in [1.29, 1.82) is 0 Å². The average Bonchev–Trinajstić information content (AvgIpc) is 3.12. The minimum Gasteiger partial charge on any atom is -0.370 e. The van der Waals surface area contributed by atoms with Crippen LogP contribution in [-0.4, -0.2) is 18.5 Å². The van der Waals surface area contributed by atoms with Crippen molar-refractivity contribution in [3.05, 3.63) is 0 Å². The van der Waals surface area contributed by atoms with Crippen LogP contribution in [0.2, 0.25) is 0 Å². The lowest BCUT2D eigenvalue weighted by Gasteiger charge is -1.99. The van der Waals surface area contributed by atoms with Crippen molar-refractivity contribution < 1.29 is 9.53 Å². The average molecular weight is 254 g/mol. The molecule has 0 N–H and O–H groups in total. The maximum Gasteiger partial charge on any atom is 0.119 e. The molecule has 1 heterocycles. The van der Waals surface area contributed by atoms with Gasteiger partial charge in [0, 0.05) is 6.42 Å². The first kappa shape index (κ1) is 15.7. The van der Waals surface area contributed by atoms with Crippen LogP contribution in [0.15, 0.2) is 0 Å². The second-order valence-electron chi connectivity index (χ2n) is 5.57.